The average molecular weight is 317 g/mol. The molecule has 1 atom stereocenters. The van der Waals surface area contributed by atoms with E-state index in [1.807, 2.05) is 0 Å². The lowest BCUT2D eigenvalue weighted by Gasteiger charge is -2.23. The van der Waals surface area contributed by atoms with Crippen molar-refractivity contribution in [2.45, 2.75) is 18.9 Å². The maximum Gasteiger partial charge on any atom is 0.258 e. The Hall–Kier alpha value is -1.46. The van der Waals surface area contributed by atoms with Crippen molar-refractivity contribution >= 4 is 35.0 Å². The Labute approximate surface area is 126 Å². The summed E-state index contributed by atoms with van der Waals surface area (Å²) in [6, 6.07) is 4.74. The van der Waals surface area contributed by atoms with E-state index in [9.17, 15) is 9.59 Å². The average Bonchev–Trinajstić information content (AvgIpc) is 2.42. The second kappa shape index (κ2) is 6.81. The molecule has 0 spiro atoms. The molecule has 1 saturated heterocycles. The number of rotatable bonds is 4. The Morgan fingerprint density at radius 1 is 1.45 bits per heavy atom. The quantitative estimate of drug-likeness (QED) is 0.889. The highest BCUT2D eigenvalue weighted by atomic mass is 35.5. The van der Waals surface area contributed by atoms with Crippen LogP contribution in [0.5, 0.6) is 5.75 Å². The molecule has 0 radical (unpaired) electrons. The summed E-state index contributed by atoms with van der Waals surface area (Å²) in [6.45, 7) is 0.299. The van der Waals surface area contributed by atoms with E-state index in [1.54, 1.807) is 18.2 Å². The van der Waals surface area contributed by atoms with E-state index in [-0.39, 0.29) is 24.5 Å². The van der Waals surface area contributed by atoms with Crippen LogP contribution in [-0.4, -0.2) is 31.0 Å². The molecule has 0 saturated carbocycles. The lowest BCUT2D eigenvalue weighted by molar-refractivity contribution is -0.126. The molecule has 1 aliphatic heterocycles. The Morgan fingerprint density at radius 2 is 2.25 bits per heavy atom. The zero-order chi connectivity index (χ0) is 14.5. The normalized spacial score (nSPS) is 18.3. The Balaban J connectivity index is 1.80. The van der Waals surface area contributed by atoms with Crippen molar-refractivity contribution in [3.05, 3.63) is 28.2 Å². The largest absolute Gasteiger partial charge is 0.482 e. The summed E-state index contributed by atoms with van der Waals surface area (Å²) in [5.41, 5.74) is 0. The highest BCUT2D eigenvalue weighted by Gasteiger charge is 2.19. The molecule has 1 fully saturated rings. The molecule has 7 heteroatoms. The van der Waals surface area contributed by atoms with Crippen molar-refractivity contribution in [2.24, 2.45) is 0 Å². The van der Waals surface area contributed by atoms with Gasteiger partial charge in [-0.05, 0) is 18.6 Å². The van der Waals surface area contributed by atoms with Gasteiger partial charge in [-0.15, -0.1) is 0 Å². The first-order chi connectivity index (χ1) is 9.54. The predicted molar refractivity (Wildman–Crippen MR) is 76.1 cm³/mol. The molecule has 2 amide bonds. The number of halogens is 2. The van der Waals surface area contributed by atoms with E-state index in [1.165, 1.54) is 0 Å². The summed E-state index contributed by atoms with van der Waals surface area (Å²) < 4.78 is 5.33. The van der Waals surface area contributed by atoms with Crippen LogP contribution in [0.2, 0.25) is 10.0 Å². The van der Waals surface area contributed by atoms with Gasteiger partial charge in [-0.25, -0.2) is 0 Å². The number of piperidine rings is 1. The van der Waals surface area contributed by atoms with E-state index in [0.29, 0.717) is 35.2 Å². The first kappa shape index (κ1) is 14.9. The van der Waals surface area contributed by atoms with Crippen LogP contribution in [-0.2, 0) is 9.59 Å². The number of nitrogens with one attached hydrogen (secondary N) is 2. The zero-order valence-corrected chi connectivity index (χ0v) is 12.1. The van der Waals surface area contributed by atoms with Gasteiger partial charge in [0.1, 0.15) is 5.75 Å². The van der Waals surface area contributed by atoms with Crippen LogP contribution < -0.4 is 15.4 Å². The SMILES string of the molecule is O=C1CCC(NC(=O)COc2cc(Cl)ccc2Cl)CN1. The smallest absolute Gasteiger partial charge is 0.258 e. The number of carbonyl (C=O) groups is 2. The van der Waals surface area contributed by atoms with Crippen molar-refractivity contribution in [3.63, 3.8) is 0 Å². The topological polar surface area (TPSA) is 67.4 Å². The van der Waals surface area contributed by atoms with E-state index >= 15 is 0 Å². The number of carbonyl (C=O) groups excluding carboxylic acids is 2. The van der Waals surface area contributed by atoms with Gasteiger partial charge in [-0.1, -0.05) is 23.2 Å². The minimum Gasteiger partial charge on any atom is -0.482 e. The second-order valence-corrected chi connectivity index (χ2v) is 5.31. The molecule has 2 rings (SSSR count). The van der Waals surface area contributed by atoms with Crippen LogP contribution >= 0.6 is 23.2 Å². The minimum absolute atomic E-state index is 0.0115. The zero-order valence-electron chi connectivity index (χ0n) is 10.6. The van der Waals surface area contributed by atoms with Crippen LogP contribution in [0.25, 0.3) is 0 Å². The molecule has 0 aliphatic carbocycles. The maximum absolute atomic E-state index is 11.7. The number of ether oxygens (including phenoxy) is 1. The molecule has 1 unspecified atom stereocenters. The van der Waals surface area contributed by atoms with Crippen LogP contribution in [0.4, 0.5) is 0 Å². The van der Waals surface area contributed by atoms with E-state index in [4.69, 9.17) is 27.9 Å². The maximum atomic E-state index is 11.7. The molecule has 20 heavy (non-hydrogen) atoms. The summed E-state index contributed by atoms with van der Waals surface area (Å²) in [5.74, 6) is 0.117. The monoisotopic (exact) mass is 316 g/mol. The summed E-state index contributed by atoms with van der Waals surface area (Å²) in [7, 11) is 0. The molecule has 1 aromatic rings. The van der Waals surface area contributed by atoms with Gasteiger partial charge >= 0.3 is 0 Å². The van der Waals surface area contributed by atoms with Crippen LogP contribution in [0.15, 0.2) is 18.2 Å². The Morgan fingerprint density at radius 3 is 2.95 bits per heavy atom. The van der Waals surface area contributed by atoms with Crippen LogP contribution in [0.3, 0.4) is 0 Å². The first-order valence-electron chi connectivity index (χ1n) is 6.18. The number of hydrogen-bond acceptors (Lipinski definition) is 3. The molecule has 1 aliphatic rings. The minimum atomic E-state index is -0.262. The van der Waals surface area contributed by atoms with Gasteiger partial charge < -0.3 is 15.4 Å². The van der Waals surface area contributed by atoms with Gasteiger partial charge in [0.2, 0.25) is 5.91 Å². The standard InChI is InChI=1S/C13H14Cl2N2O3/c14-8-1-3-10(15)11(5-8)20-7-13(19)17-9-2-4-12(18)16-6-9/h1,3,5,9H,2,4,6-7H2,(H,16,18)(H,17,19). The van der Waals surface area contributed by atoms with Gasteiger partial charge in [0.15, 0.2) is 6.61 Å². The van der Waals surface area contributed by atoms with Crippen LogP contribution in [0.1, 0.15) is 12.8 Å². The molecule has 0 bridgehead atoms. The van der Waals surface area contributed by atoms with Gasteiger partial charge in [0.25, 0.3) is 5.91 Å². The number of hydrogen-bond donors (Lipinski definition) is 2. The molecule has 108 valence electrons. The highest BCUT2D eigenvalue weighted by Crippen LogP contribution is 2.27. The number of amides is 2. The van der Waals surface area contributed by atoms with Crippen molar-refractivity contribution in [1.82, 2.24) is 10.6 Å². The van der Waals surface area contributed by atoms with E-state index < -0.39 is 0 Å². The Kier molecular flexibility index (Phi) is 5.09. The summed E-state index contributed by atoms with van der Waals surface area (Å²) in [5, 5.41) is 6.37. The third-order valence-corrected chi connectivity index (χ3v) is 3.43. The third-order valence-electron chi connectivity index (χ3n) is 2.88. The van der Waals surface area contributed by atoms with Gasteiger partial charge in [0, 0.05) is 30.1 Å². The number of benzene rings is 1. The molecule has 0 aromatic heterocycles. The Bertz CT molecular complexity index is 512. The summed E-state index contributed by atoms with van der Waals surface area (Å²) in [4.78, 5) is 22.7. The van der Waals surface area contributed by atoms with Crippen molar-refractivity contribution in [2.75, 3.05) is 13.2 Å². The van der Waals surface area contributed by atoms with E-state index in [2.05, 4.69) is 10.6 Å². The molecular weight excluding hydrogens is 303 g/mol. The summed E-state index contributed by atoms with van der Waals surface area (Å²) in [6.07, 6.45) is 1.06. The van der Waals surface area contributed by atoms with Crippen LogP contribution in [0, 0.1) is 0 Å². The van der Waals surface area contributed by atoms with Gasteiger partial charge in [0.05, 0.1) is 5.02 Å². The predicted octanol–water partition coefficient (Wildman–Crippen LogP) is 1.77. The molecule has 5 nitrogen and oxygen atoms in total. The van der Waals surface area contributed by atoms with Crippen molar-refractivity contribution in [1.29, 1.82) is 0 Å². The molecular formula is C13H14Cl2N2O3. The van der Waals surface area contributed by atoms with Gasteiger partial charge in [-0.3, -0.25) is 9.59 Å². The fourth-order valence-electron chi connectivity index (χ4n) is 1.86. The summed E-state index contributed by atoms with van der Waals surface area (Å²) >= 11 is 11.7. The molecule has 1 heterocycles. The van der Waals surface area contributed by atoms with Gasteiger partial charge in [-0.2, -0.15) is 0 Å². The second-order valence-electron chi connectivity index (χ2n) is 4.47. The fourth-order valence-corrected chi connectivity index (χ4v) is 2.19. The lowest BCUT2D eigenvalue weighted by atomic mass is 10.1. The fraction of sp³-hybridized carbons (Fsp3) is 0.385. The lowest BCUT2D eigenvalue weighted by Crippen LogP contribution is -2.48. The highest BCUT2D eigenvalue weighted by molar-refractivity contribution is 6.34. The van der Waals surface area contributed by atoms with E-state index in [0.717, 1.165) is 0 Å². The molecule has 1 aromatic carbocycles. The van der Waals surface area contributed by atoms with Crippen molar-refractivity contribution < 1.29 is 14.3 Å². The van der Waals surface area contributed by atoms with Crippen molar-refractivity contribution in [3.8, 4) is 5.75 Å². The molecule has 2 N–H and O–H groups in total. The first-order valence-corrected chi connectivity index (χ1v) is 6.94. The third kappa shape index (κ3) is 4.28.